The molecule has 3 rings (SSSR count). The van der Waals surface area contributed by atoms with Gasteiger partial charge in [-0.05, 0) is 44.5 Å². The van der Waals surface area contributed by atoms with E-state index in [4.69, 9.17) is 9.15 Å². The summed E-state index contributed by atoms with van der Waals surface area (Å²) in [6.07, 6.45) is -0.691. The lowest BCUT2D eigenvalue weighted by atomic mass is 10.1. The minimum absolute atomic E-state index is 0.125. The van der Waals surface area contributed by atoms with Crippen molar-refractivity contribution < 1.29 is 14.3 Å². The maximum absolute atomic E-state index is 11.5. The van der Waals surface area contributed by atoms with E-state index in [2.05, 4.69) is 5.10 Å². The minimum Gasteiger partial charge on any atom is -0.491 e. The lowest BCUT2D eigenvalue weighted by Crippen LogP contribution is -2.24. The van der Waals surface area contributed by atoms with Gasteiger partial charge in [-0.25, -0.2) is 4.79 Å². The summed E-state index contributed by atoms with van der Waals surface area (Å²) in [5.74, 6) is 0.545. The fourth-order valence-electron chi connectivity index (χ4n) is 2.70. The Bertz CT molecular complexity index is 926. The van der Waals surface area contributed by atoms with Gasteiger partial charge in [-0.1, -0.05) is 0 Å². The number of aliphatic hydroxyl groups is 1. The summed E-state index contributed by atoms with van der Waals surface area (Å²) in [4.78, 5) is 11.5. The maximum Gasteiger partial charge on any atom is 0.336 e. The molecule has 2 aromatic heterocycles. The van der Waals surface area contributed by atoms with E-state index < -0.39 is 6.10 Å². The van der Waals surface area contributed by atoms with Crippen molar-refractivity contribution >= 4 is 11.0 Å². The van der Waals surface area contributed by atoms with Crippen molar-refractivity contribution in [2.45, 2.75) is 33.4 Å². The molecule has 24 heavy (non-hydrogen) atoms. The van der Waals surface area contributed by atoms with Gasteiger partial charge >= 0.3 is 5.63 Å². The molecule has 1 atom stereocenters. The maximum atomic E-state index is 11.5. The van der Waals surface area contributed by atoms with Gasteiger partial charge in [-0.2, -0.15) is 5.10 Å². The van der Waals surface area contributed by atoms with Crippen LogP contribution in [0, 0.1) is 20.8 Å². The zero-order chi connectivity index (χ0) is 17.3. The summed E-state index contributed by atoms with van der Waals surface area (Å²) in [5, 5.41) is 15.3. The quantitative estimate of drug-likeness (QED) is 0.728. The first-order valence-corrected chi connectivity index (χ1v) is 7.79. The fourth-order valence-corrected chi connectivity index (χ4v) is 2.70. The number of aryl methyl sites for hydroxylation is 3. The van der Waals surface area contributed by atoms with Crippen LogP contribution in [0.25, 0.3) is 11.0 Å². The fraction of sp³-hybridized carbons (Fsp3) is 0.333. The summed E-state index contributed by atoms with van der Waals surface area (Å²) in [5.41, 5.74) is 2.86. The number of hydrogen-bond acceptors (Lipinski definition) is 5. The van der Waals surface area contributed by atoms with E-state index in [1.807, 2.05) is 32.9 Å². The summed E-state index contributed by atoms with van der Waals surface area (Å²) < 4.78 is 12.6. The van der Waals surface area contributed by atoms with E-state index >= 15 is 0 Å². The van der Waals surface area contributed by atoms with Gasteiger partial charge < -0.3 is 14.3 Å². The van der Waals surface area contributed by atoms with Crippen LogP contribution >= 0.6 is 0 Å². The summed E-state index contributed by atoms with van der Waals surface area (Å²) in [6, 6.07) is 8.73. The van der Waals surface area contributed by atoms with Gasteiger partial charge in [-0.3, -0.25) is 4.68 Å². The SMILES string of the molecule is Cc1cc(C)n(C[C@H](O)COc2ccc3c(C)cc(=O)oc3c2)n1. The summed E-state index contributed by atoms with van der Waals surface area (Å²) in [7, 11) is 0. The van der Waals surface area contributed by atoms with Gasteiger partial charge in [0.15, 0.2) is 0 Å². The Morgan fingerprint density at radius 2 is 2.04 bits per heavy atom. The van der Waals surface area contributed by atoms with E-state index in [1.165, 1.54) is 6.07 Å². The molecule has 0 aliphatic carbocycles. The molecule has 1 aromatic carbocycles. The molecule has 0 bridgehead atoms. The van der Waals surface area contributed by atoms with Gasteiger partial charge in [-0.15, -0.1) is 0 Å². The molecule has 6 heteroatoms. The third-order valence-corrected chi connectivity index (χ3v) is 3.85. The van der Waals surface area contributed by atoms with E-state index in [1.54, 1.807) is 16.8 Å². The topological polar surface area (TPSA) is 77.5 Å². The number of hydrogen-bond donors (Lipinski definition) is 1. The smallest absolute Gasteiger partial charge is 0.336 e. The molecular weight excluding hydrogens is 308 g/mol. The third-order valence-electron chi connectivity index (χ3n) is 3.85. The van der Waals surface area contributed by atoms with E-state index in [-0.39, 0.29) is 12.2 Å². The lowest BCUT2D eigenvalue weighted by molar-refractivity contribution is 0.0887. The second-order valence-electron chi connectivity index (χ2n) is 5.98. The Morgan fingerprint density at radius 3 is 2.75 bits per heavy atom. The molecule has 0 saturated carbocycles. The zero-order valence-corrected chi connectivity index (χ0v) is 13.9. The van der Waals surface area contributed by atoms with E-state index in [0.717, 1.165) is 22.3 Å². The number of aliphatic hydroxyl groups excluding tert-OH is 1. The Morgan fingerprint density at radius 1 is 1.25 bits per heavy atom. The first kappa shape index (κ1) is 16.3. The molecule has 3 aromatic rings. The van der Waals surface area contributed by atoms with Gasteiger partial charge in [0.25, 0.3) is 0 Å². The molecule has 6 nitrogen and oxygen atoms in total. The van der Waals surface area contributed by atoms with Crippen molar-refractivity contribution in [2.75, 3.05) is 6.61 Å². The van der Waals surface area contributed by atoms with Crippen molar-refractivity contribution in [1.29, 1.82) is 0 Å². The predicted molar refractivity (Wildman–Crippen MR) is 90.4 cm³/mol. The minimum atomic E-state index is -0.691. The molecule has 1 N–H and O–H groups in total. The van der Waals surface area contributed by atoms with Gasteiger partial charge in [0.2, 0.25) is 0 Å². The van der Waals surface area contributed by atoms with Crippen LogP contribution in [0.4, 0.5) is 0 Å². The summed E-state index contributed by atoms with van der Waals surface area (Å²) >= 11 is 0. The summed E-state index contributed by atoms with van der Waals surface area (Å²) in [6.45, 7) is 6.21. The lowest BCUT2D eigenvalue weighted by Gasteiger charge is -2.14. The van der Waals surface area contributed by atoms with Gasteiger partial charge in [0.1, 0.15) is 24.0 Å². The number of fused-ring (bicyclic) bond motifs is 1. The van der Waals surface area contributed by atoms with Crippen LogP contribution in [0.3, 0.4) is 0 Å². The molecule has 0 aliphatic heterocycles. The number of nitrogens with zero attached hydrogens (tertiary/aromatic N) is 2. The molecular formula is C18H20N2O4. The van der Waals surface area contributed by atoms with Crippen molar-refractivity contribution in [1.82, 2.24) is 9.78 Å². The first-order chi connectivity index (χ1) is 11.4. The second kappa shape index (κ2) is 6.49. The van der Waals surface area contributed by atoms with Gasteiger partial charge in [0, 0.05) is 23.2 Å². The van der Waals surface area contributed by atoms with Crippen molar-refractivity contribution in [3.05, 3.63) is 57.7 Å². The molecule has 2 heterocycles. The van der Waals surface area contributed by atoms with Crippen LogP contribution in [-0.2, 0) is 6.54 Å². The second-order valence-corrected chi connectivity index (χ2v) is 5.98. The molecule has 0 fully saturated rings. The largest absolute Gasteiger partial charge is 0.491 e. The number of benzene rings is 1. The van der Waals surface area contributed by atoms with E-state index in [0.29, 0.717) is 17.9 Å². The van der Waals surface area contributed by atoms with Crippen molar-refractivity contribution in [3.8, 4) is 5.75 Å². The Labute approximate surface area is 139 Å². The highest BCUT2D eigenvalue weighted by atomic mass is 16.5. The average Bonchev–Trinajstić information content (AvgIpc) is 2.82. The Kier molecular flexibility index (Phi) is 4.40. The normalized spacial score (nSPS) is 12.5. The molecule has 0 spiro atoms. The highest BCUT2D eigenvalue weighted by Crippen LogP contribution is 2.22. The number of ether oxygens (including phenoxy) is 1. The molecule has 0 radical (unpaired) electrons. The van der Waals surface area contributed by atoms with Crippen LogP contribution in [0.2, 0.25) is 0 Å². The predicted octanol–water partition coefficient (Wildman–Crippen LogP) is 2.35. The average molecular weight is 328 g/mol. The molecule has 126 valence electrons. The van der Waals surface area contributed by atoms with Crippen LogP contribution in [0.1, 0.15) is 17.0 Å². The first-order valence-electron chi connectivity index (χ1n) is 7.79. The van der Waals surface area contributed by atoms with Crippen LogP contribution < -0.4 is 10.4 Å². The van der Waals surface area contributed by atoms with E-state index in [9.17, 15) is 9.90 Å². The van der Waals surface area contributed by atoms with Crippen LogP contribution in [-0.4, -0.2) is 27.6 Å². The number of rotatable bonds is 5. The van der Waals surface area contributed by atoms with Gasteiger partial charge in [0.05, 0.1) is 12.2 Å². The number of aromatic nitrogens is 2. The zero-order valence-electron chi connectivity index (χ0n) is 13.9. The molecule has 0 unspecified atom stereocenters. The highest BCUT2D eigenvalue weighted by Gasteiger charge is 2.10. The Hall–Kier alpha value is -2.60. The standard InChI is InChI=1S/C18H20N2O4/c1-11-6-18(22)24-17-8-15(4-5-16(11)17)23-10-14(21)9-20-13(3)7-12(2)19-20/h4-8,14,21H,9-10H2,1-3H3/t14-/m0/s1. The Balaban J connectivity index is 1.69. The molecule has 0 saturated heterocycles. The van der Waals surface area contributed by atoms with Crippen molar-refractivity contribution in [3.63, 3.8) is 0 Å². The molecule has 0 aliphatic rings. The van der Waals surface area contributed by atoms with Crippen molar-refractivity contribution in [2.24, 2.45) is 0 Å². The highest BCUT2D eigenvalue weighted by molar-refractivity contribution is 5.81. The monoisotopic (exact) mass is 328 g/mol. The van der Waals surface area contributed by atoms with Crippen LogP contribution in [0.15, 0.2) is 39.5 Å². The molecule has 0 amide bonds. The van der Waals surface area contributed by atoms with Crippen LogP contribution in [0.5, 0.6) is 5.75 Å². The third kappa shape index (κ3) is 3.49.